The average molecular weight is 233 g/mol. The van der Waals surface area contributed by atoms with Crippen molar-refractivity contribution in [1.82, 2.24) is 4.98 Å². The number of alkyl halides is 3. The zero-order chi connectivity index (χ0) is 11.4. The maximum atomic E-state index is 12.5. The summed E-state index contributed by atoms with van der Waals surface area (Å²) in [5.74, 6) is -0.0432. The second kappa shape index (κ2) is 5.01. The second-order valence-electron chi connectivity index (χ2n) is 2.74. The third-order valence-corrected chi connectivity index (χ3v) is 2.08. The Balaban J connectivity index is 3.41. The van der Waals surface area contributed by atoms with Gasteiger partial charge in [0.05, 0.1) is 23.7 Å². The molecule has 1 aromatic rings. The van der Waals surface area contributed by atoms with E-state index in [1.807, 2.05) is 0 Å². The first-order valence-electron chi connectivity index (χ1n) is 4.01. The molecule has 6 heteroatoms. The van der Waals surface area contributed by atoms with Gasteiger partial charge in [-0.15, -0.1) is 11.6 Å². The van der Waals surface area contributed by atoms with Gasteiger partial charge >= 0.3 is 0 Å². The van der Waals surface area contributed by atoms with Gasteiger partial charge in [0.15, 0.2) is 0 Å². The Kier molecular flexibility index (Phi) is 3.95. The highest BCUT2D eigenvalue weighted by Gasteiger charge is 2.19. The fourth-order valence-electron chi connectivity index (χ4n) is 1.16. The second-order valence-corrected chi connectivity index (χ2v) is 3.00. The van der Waals surface area contributed by atoms with Crippen molar-refractivity contribution in [3.63, 3.8) is 0 Å². The smallest absolute Gasteiger partial charge is 0.281 e. The standard InChI is InChI=1S/C9H7ClF2N2O/c10-2-6-1-5(4-15)7(3-13)8(14-6)9(11)12/h1,9,15H,2,4H2. The van der Waals surface area contributed by atoms with Crippen LogP contribution >= 0.6 is 11.6 Å². The molecule has 1 aromatic heterocycles. The lowest BCUT2D eigenvalue weighted by molar-refractivity contribution is 0.145. The number of halogens is 3. The molecular weight excluding hydrogens is 226 g/mol. The lowest BCUT2D eigenvalue weighted by atomic mass is 10.1. The summed E-state index contributed by atoms with van der Waals surface area (Å²) in [6, 6.07) is 2.95. The third-order valence-electron chi connectivity index (χ3n) is 1.81. The van der Waals surface area contributed by atoms with Gasteiger partial charge in [0.2, 0.25) is 0 Å². The molecule has 3 nitrogen and oxygen atoms in total. The molecule has 0 aliphatic heterocycles. The minimum atomic E-state index is -2.85. The summed E-state index contributed by atoms with van der Waals surface area (Å²) in [5.41, 5.74) is -0.561. The van der Waals surface area contributed by atoms with E-state index in [-0.39, 0.29) is 22.7 Å². The summed E-state index contributed by atoms with van der Waals surface area (Å²) in [6.45, 7) is -0.491. The number of aliphatic hydroxyl groups excluding tert-OH is 1. The molecule has 1 rings (SSSR count). The predicted molar refractivity (Wildman–Crippen MR) is 49.4 cm³/mol. The molecule has 0 saturated carbocycles. The molecule has 0 spiro atoms. The number of hydrogen-bond acceptors (Lipinski definition) is 3. The minimum absolute atomic E-state index is 0.0432. The van der Waals surface area contributed by atoms with Crippen molar-refractivity contribution in [1.29, 1.82) is 5.26 Å². The van der Waals surface area contributed by atoms with Crippen molar-refractivity contribution in [2.75, 3.05) is 0 Å². The van der Waals surface area contributed by atoms with Crippen LogP contribution in [-0.4, -0.2) is 10.1 Å². The Hall–Kier alpha value is -1.25. The molecule has 1 heterocycles. The summed E-state index contributed by atoms with van der Waals surface area (Å²) in [5, 5.41) is 17.6. The van der Waals surface area contributed by atoms with Gasteiger partial charge in [-0.25, -0.2) is 13.8 Å². The monoisotopic (exact) mass is 232 g/mol. The summed E-state index contributed by atoms with van der Waals surface area (Å²) >= 11 is 5.46. The molecule has 1 N–H and O–H groups in total. The van der Waals surface area contributed by atoms with Crippen LogP contribution < -0.4 is 0 Å². The van der Waals surface area contributed by atoms with Crippen LogP contribution in [-0.2, 0) is 12.5 Å². The van der Waals surface area contributed by atoms with Gasteiger partial charge < -0.3 is 5.11 Å². The Morgan fingerprint density at radius 1 is 1.60 bits per heavy atom. The van der Waals surface area contributed by atoms with Crippen LogP contribution in [0.5, 0.6) is 0 Å². The van der Waals surface area contributed by atoms with E-state index in [4.69, 9.17) is 22.0 Å². The van der Waals surface area contributed by atoms with Gasteiger partial charge in [0, 0.05) is 0 Å². The van der Waals surface area contributed by atoms with Crippen molar-refractivity contribution in [3.05, 3.63) is 28.6 Å². The molecule has 0 aliphatic rings. The Bertz CT molecular complexity index is 404. The van der Waals surface area contributed by atoms with Crippen molar-refractivity contribution in [2.24, 2.45) is 0 Å². The summed E-state index contributed by atoms with van der Waals surface area (Å²) < 4.78 is 25.0. The zero-order valence-electron chi connectivity index (χ0n) is 7.54. The van der Waals surface area contributed by atoms with Crippen LogP contribution in [0.4, 0.5) is 8.78 Å². The van der Waals surface area contributed by atoms with Crippen LogP contribution in [0.25, 0.3) is 0 Å². The van der Waals surface area contributed by atoms with E-state index in [9.17, 15) is 8.78 Å². The van der Waals surface area contributed by atoms with Crippen LogP contribution in [0.15, 0.2) is 6.07 Å². The van der Waals surface area contributed by atoms with Gasteiger partial charge in [0.1, 0.15) is 11.8 Å². The van der Waals surface area contributed by atoms with E-state index in [1.54, 1.807) is 6.07 Å². The first kappa shape index (κ1) is 11.8. The van der Waals surface area contributed by atoms with Gasteiger partial charge in [-0.1, -0.05) is 0 Å². The molecule has 15 heavy (non-hydrogen) atoms. The van der Waals surface area contributed by atoms with E-state index in [2.05, 4.69) is 4.98 Å². The van der Waals surface area contributed by atoms with E-state index in [0.717, 1.165) is 0 Å². The maximum absolute atomic E-state index is 12.5. The summed E-state index contributed by atoms with van der Waals surface area (Å²) in [6.07, 6.45) is -2.85. The van der Waals surface area contributed by atoms with Crippen LogP contribution in [0.3, 0.4) is 0 Å². The van der Waals surface area contributed by atoms with Crippen molar-refractivity contribution in [3.8, 4) is 6.07 Å². The number of rotatable bonds is 3. The number of hydrogen-bond donors (Lipinski definition) is 1. The largest absolute Gasteiger partial charge is 0.392 e. The Morgan fingerprint density at radius 2 is 2.27 bits per heavy atom. The average Bonchev–Trinajstić information content (AvgIpc) is 2.26. The van der Waals surface area contributed by atoms with E-state index < -0.39 is 18.7 Å². The number of nitriles is 1. The highest BCUT2D eigenvalue weighted by molar-refractivity contribution is 6.16. The Labute approximate surface area is 89.9 Å². The topological polar surface area (TPSA) is 56.9 Å². The van der Waals surface area contributed by atoms with Crippen LogP contribution in [0.1, 0.15) is 28.9 Å². The van der Waals surface area contributed by atoms with Crippen molar-refractivity contribution >= 4 is 11.6 Å². The molecule has 0 aliphatic carbocycles. The maximum Gasteiger partial charge on any atom is 0.281 e. The molecular formula is C9H7ClF2N2O. The van der Waals surface area contributed by atoms with E-state index in [0.29, 0.717) is 0 Å². The zero-order valence-corrected chi connectivity index (χ0v) is 8.30. The fraction of sp³-hybridized carbons (Fsp3) is 0.333. The van der Waals surface area contributed by atoms with E-state index in [1.165, 1.54) is 6.07 Å². The van der Waals surface area contributed by atoms with Gasteiger partial charge in [-0.2, -0.15) is 5.26 Å². The molecule has 0 unspecified atom stereocenters. The highest BCUT2D eigenvalue weighted by atomic mass is 35.5. The highest BCUT2D eigenvalue weighted by Crippen LogP contribution is 2.24. The number of nitrogens with zero attached hydrogens (tertiary/aromatic N) is 2. The molecule has 0 radical (unpaired) electrons. The van der Waals surface area contributed by atoms with E-state index >= 15 is 0 Å². The van der Waals surface area contributed by atoms with Crippen LogP contribution in [0, 0.1) is 11.3 Å². The first-order chi connectivity index (χ1) is 7.13. The van der Waals surface area contributed by atoms with Crippen molar-refractivity contribution < 1.29 is 13.9 Å². The summed E-state index contributed by atoms with van der Waals surface area (Å²) in [4.78, 5) is 3.55. The number of pyridine rings is 1. The lowest BCUT2D eigenvalue weighted by Crippen LogP contribution is -2.04. The van der Waals surface area contributed by atoms with Gasteiger partial charge in [0.25, 0.3) is 6.43 Å². The quantitative estimate of drug-likeness (QED) is 0.812. The molecule has 0 fully saturated rings. The Morgan fingerprint density at radius 3 is 2.67 bits per heavy atom. The molecule has 0 amide bonds. The van der Waals surface area contributed by atoms with Gasteiger partial charge in [-0.05, 0) is 11.6 Å². The van der Waals surface area contributed by atoms with Crippen molar-refractivity contribution in [2.45, 2.75) is 18.9 Å². The van der Waals surface area contributed by atoms with Gasteiger partial charge in [-0.3, -0.25) is 0 Å². The molecule has 0 aromatic carbocycles. The first-order valence-corrected chi connectivity index (χ1v) is 4.55. The summed E-state index contributed by atoms with van der Waals surface area (Å²) in [7, 11) is 0. The molecule has 80 valence electrons. The molecule has 0 saturated heterocycles. The van der Waals surface area contributed by atoms with Crippen LogP contribution in [0.2, 0.25) is 0 Å². The molecule has 0 atom stereocenters. The fourth-order valence-corrected chi connectivity index (χ4v) is 1.30. The third kappa shape index (κ3) is 2.41. The molecule has 0 bridgehead atoms. The number of aromatic nitrogens is 1. The predicted octanol–water partition coefficient (Wildman–Crippen LogP) is 2.12. The number of aliphatic hydroxyl groups is 1. The minimum Gasteiger partial charge on any atom is -0.392 e. The normalized spacial score (nSPS) is 10.4. The lowest BCUT2D eigenvalue weighted by Gasteiger charge is -2.08. The SMILES string of the molecule is N#Cc1c(CO)cc(CCl)nc1C(F)F.